The van der Waals surface area contributed by atoms with Crippen molar-refractivity contribution in [3.63, 3.8) is 0 Å². The molecule has 2 N–H and O–H groups in total. The number of halogens is 1. The number of benzene rings is 2. The van der Waals surface area contributed by atoms with Crippen molar-refractivity contribution in [3.05, 3.63) is 71.5 Å². The predicted octanol–water partition coefficient (Wildman–Crippen LogP) is 4.37. The molecule has 0 saturated carbocycles. The second kappa shape index (κ2) is 8.05. The minimum absolute atomic E-state index is 0.0571. The first-order valence-electron chi connectivity index (χ1n) is 8.46. The van der Waals surface area contributed by atoms with Crippen molar-refractivity contribution in [2.75, 3.05) is 10.6 Å². The fourth-order valence-corrected chi connectivity index (χ4v) is 2.51. The summed E-state index contributed by atoms with van der Waals surface area (Å²) in [6, 6.07) is 15.8. The van der Waals surface area contributed by atoms with Crippen LogP contribution < -0.4 is 10.6 Å². The number of carbonyl (C=O) groups is 2. The number of carbonyl (C=O) groups excluding carboxylic acids is 2. The van der Waals surface area contributed by atoms with Gasteiger partial charge in [0, 0.05) is 28.5 Å². The number of anilines is 2. The van der Waals surface area contributed by atoms with Crippen molar-refractivity contribution >= 4 is 34.8 Å². The summed E-state index contributed by atoms with van der Waals surface area (Å²) in [4.78, 5) is 24.1. The maximum atomic E-state index is 12.4. The van der Waals surface area contributed by atoms with Gasteiger partial charge < -0.3 is 10.6 Å². The van der Waals surface area contributed by atoms with E-state index in [1.54, 1.807) is 53.3 Å². The van der Waals surface area contributed by atoms with Gasteiger partial charge in [-0.2, -0.15) is 5.10 Å². The molecule has 0 spiro atoms. The number of hydrogen-bond donors (Lipinski definition) is 2. The van der Waals surface area contributed by atoms with Crippen LogP contribution in [0.5, 0.6) is 0 Å². The Kier molecular flexibility index (Phi) is 5.57. The maximum Gasteiger partial charge on any atom is 0.276 e. The lowest BCUT2D eigenvalue weighted by molar-refractivity contribution is -0.118. The van der Waals surface area contributed by atoms with Crippen LogP contribution in [0.4, 0.5) is 11.4 Å². The van der Waals surface area contributed by atoms with Crippen LogP contribution in [0.25, 0.3) is 5.69 Å². The topological polar surface area (TPSA) is 76.0 Å². The van der Waals surface area contributed by atoms with Crippen LogP contribution in [0, 0.1) is 5.92 Å². The highest BCUT2D eigenvalue weighted by Crippen LogP contribution is 2.17. The summed E-state index contributed by atoms with van der Waals surface area (Å²) in [5, 5.41) is 10.5. The van der Waals surface area contributed by atoms with E-state index in [0.29, 0.717) is 16.4 Å². The third kappa shape index (κ3) is 4.74. The summed E-state index contributed by atoms with van der Waals surface area (Å²) < 4.78 is 1.59. The second-order valence-electron chi connectivity index (χ2n) is 6.30. The maximum absolute atomic E-state index is 12.4. The van der Waals surface area contributed by atoms with Gasteiger partial charge in [-0.25, -0.2) is 4.68 Å². The smallest absolute Gasteiger partial charge is 0.276 e. The van der Waals surface area contributed by atoms with Crippen molar-refractivity contribution in [2.24, 2.45) is 5.92 Å². The van der Waals surface area contributed by atoms with Crippen LogP contribution in [0.3, 0.4) is 0 Å². The number of hydrogen-bond acceptors (Lipinski definition) is 3. The minimum Gasteiger partial charge on any atom is -0.326 e. The molecule has 0 unspecified atom stereocenters. The first-order valence-corrected chi connectivity index (χ1v) is 8.84. The van der Waals surface area contributed by atoms with Crippen molar-refractivity contribution in [1.29, 1.82) is 0 Å². The summed E-state index contributed by atoms with van der Waals surface area (Å²) >= 11 is 5.99. The molecule has 3 rings (SSSR count). The summed E-state index contributed by atoms with van der Waals surface area (Å²) in [6.07, 6.45) is 1.70. The van der Waals surface area contributed by atoms with E-state index in [2.05, 4.69) is 15.7 Å². The van der Waals surface area contributed by atoms with Gasteiger partial charge in [0.2, 0.25) is 5.91 Å². The summed E-state index contributed by atoms with van der Waals surface area (Å²) in [7, 11) is 0. The molecule has 0 fully saturated rings. The molecule has 0 aliphatic heterocycles. The number of aromatic nitrogens is 2. The molecule has 7 heteroatoms. The quantitative estimate of drug-likeness (QED) is 0.687. The van der Waals surface area contributed by atoms with E-state index < -0.39 is 0 Å². The van der Waals surface area contributed by atoms with E-state index in [9.17, 15) is 9.59 Å². The molecular weight excluding hydrogens is 364 g/mol. The minimum atomic E-state index is -0.324. The van der Waals surface area contributed by atoms with Gasteiger partial charge in [-0.05, 0) is 48.5 Å². The average Bonchev–Trinajstić information content (AvgIpc) is 3.13. The zero-order valence-electron chi connectivity index (χ0n) is 14.9. The molecule has 0 radical (unpaired) electrons. The summed E-state index contributed by atoms with van der Waals surface area (Å²) in [6.45, 7) is 3.65. The molecule has 138 valence electrons. The van der Waals surface area contributed by atoms with Crippen LogP contribution in [0.15, 0.2) is 60.8 Å². The van der Waals surface area contributed by atoms with Gasteiger partial charge in [-0.3, -0.25) is 9.59 Å². The SMILES string of the molecule is CC(C)C(=O)Nc1ccc(NC(=O)c2ccn(-c3cccc(Cl)c3)n2)cc1. The van der Waals surface area contributed by atoms with E-state index in [0.717, 1.165) is 5.69 Å². The first kappa shape index (κ1) is 18.7. The Morgan fingerprint density at radius 2 is 1.67 bits per heavy atom. The van der Waals surface area contributed by atoms with Gasteiger partial charge in [0.25, 0.3) is 5.91 Å². The molecule has 1 heterocycles. The lowest BCUT2D eigenvalue weighted by Crippen LogP contribution is -2.17. The second-order valence-corrected chi connectivity index (χ2v) is 6.74. The highest BCUT2D eigenvalue weighted by atomic mass is 35.5. The highest BCUT2D eigenvalue weighted by molar-refractivity contribution is 6.30. The Bertz CT molecular complexity index is 964. The molecule has 3 aromatic rings. The van der Waals surface area contributed by atoms with E-state index >= 15 is 0 Å². The molecule has 0 bridgehead atoms. The van der Waals surface area contributed by atoms with Crippen LogP contribution in [0.1, 0.15) is 24.3 Å². The number of amides is 2. The van der Waals surface area contributed by atoms with Crippen molar-refractivity contribution in [1.82, 2.24) is 9.78 Å². The fourth-order valence-electron chi connectivity index (χ4n) is 2.33. The van der Waals surface area contributed by atoms with Gasteiger partial charge in [-0.15, -0.1) is 0 Å². The third-order valence-electron chi connectivity index (χ3n) is 3.83. The zero-order valence-corrected chi connectivity index (χ0v) is 15.7. The molecular formula is C20H19ClN4O2. The van der Waals surface area contributed by atoms with Crippen LogP contribution in [-0.2, 0) is 4.79 Å². The molecule has 27 heavy (non-hydrogen) atoms. The monoisotopic (exact) mass is 382 g/mol. The Morgan fingerprint density at radius 1 is 1.00 bits per heavy atom. The van der Waals surface area contributed by atoms with Gasteiger partial charge in [0.15, 0.2) is 5.69 Å². The number of rotatable bonds is 5. The molecule has 0 aliphatic rings. The summed E-state index contributed by atoms with van der Waals surface area (Å²) in [5.74, 6) is -0.480. The third-order valence-corrected chi connectivity index (χ3v) is 4.06. The van der Waals surface area contributed by atoms with Crippen molar-refractivity contribution < 1.29 is 9.59 Å². The van der Waals surface area contributed by atoms with E-state index in [1.807, 2.05) is 26.0 Å². The number of nitrogens with one attached hydrogen (secondary N) is 2. The Morgan fingerprint density at radius 3 is 2.30 bits per heavy atom. The Labute approximate surface area is 162 Å². The lowest BCUT2D eigenvalue weighted by Gasteiger charge is -2.09. The Balaban J connectivity index is 1.66. The molecule has 1 aromatic heterocycles. The van der Waals surface area contributed by atoms with Crippen LogP contribution in [0.2, 0.25) is 5.02 Å². The van der Waals surface area contributed by atoms with Crippen LogP contribution in [-0.4, -0.2) is 21.6 Å². The van der Waals surface area contributed by atoms with Crippen molar-refractivity contribution in [2.45, 2.75) is 13.8 Å². The molecule has 6 nitrogen and oxygen atoms in total. The van der Waals surface area contributed by atoms with E-state index in [1.165, 1.54) is 0 Å². The van der Waals surface area contributed by atoms with Gasteiger partial charge in [0.05, 0.1) is 5.69 Å². The summed E-state index contributed by atoms with van der Waals surface area (Å²) in [5.41, 5.74) is 2.34. The van der Waals surface area contributed by atoms with E-state index in [4.69, 9.17) is 11.6 Å². The van der Waals surface area contributed by atoms with Gasteiger partial charge in [0.1, 0.15) is 0 Å². The largest absolute Gasteiger partial charge is 0.326 e. The fraction of sp³-hybridized carbons (Fsp3) is 0.150. The number of nitrogens with zero attached hydrogens (tertiary/aromatic N) is 2. The van der Waals surface area contributed by atoms with Gasteiger partial charge >= 0.3 is 0 Å². The molecule has 0 atom stereocenters. The molecule has 0 aliphatic carbocycles. The normalized spacial score (nSPS) is 10.7. The molecule has 2 aromatic carbocycles. The molecule has 2 amide bonds. The van der Waals surface area contributed by atoms with Gasteiger partial charge in [-0.1, -0.05) is 31.5 Å². The zero-order chi connectivity index (χ0) is 19.4. The average molecular weight is 383 g/mol. The lowest BCUT2D eigenvalue weighted by atomic mass is 10.2. The highest BCUT2D eigenvalue weighted by Gasteiger charge is 2.11. The standard InChI is InChI=1S/C20H19ClN4O2/c1-13(2)19(26)22-15-6-8-16(9-7-15)23-20(27)18-10-11-25(24-18)17-5-3-4-14(21)12-17/h3-13H,1-2H3,(H,22,26)(H,23,27). The van der Waals surface area contributed by atoms with Crippen molar-refractivity contribution in [3.8, 4) is 5.69 Å². The first-order chi connectivity index (χ1) is 12.9. The van der Waals surface area contributed by atoms with E-state index in [-0.39, 0.29) is 23.4 Å². The molecule has 0 saturated heterocycles. The van der Waals surface area contributed by atoms with Crippen LogP contribution >= 0.6 is 11.6 Å². The Hall–Kier alpha value is -3.12. The predicted molar refractivity (Wildman–Crippen MR) is 106 cm³/mol.